The summed E-state index contributed by atoms with van der Waals surface area (Å²) in [7, 11) is 0. The molecule has 1 aromatic heterocycles. The maximum absolute atomic E-state index is 5.81. The second kappa shape index (κ2) is 9.23. The van der Waals surface area contributed by atoms with Crippen LogP contribution in [0.5, 0.6) is 0 Å². The second-order valence-corrected chi connectivity index (χ2v) is 5.96. The topological polar surface area (TPSA) is 25.2 Å². The molecule has 1 aromatic rings. The van der Waals surface area contributed by atoms with E-state index < -0.39 is 0 Å². The number of nitrogens with one attached hydrogen (secondary N) is 1. The monoisotopic (exact) mass is 279 g/mol. The number of aryl methyl sites for hydroxylation is 2. The molecule has 0 radical (unpaired) electrons. The Balaban J connectivity index is 2.63. The first kappa shape index (κ1) is 17.3. The first-order chi connectivity index (χ1) is 9.61. The molecule has 0 aliphatic carbocycles. The molecular formula is C18H33NO. The molecule has 1 atom stereocenters. The maximum Gasteiger partial charge on any atom is 0.106 e. The van der Waals surface area contributed by atoms with Crippen LogP contribution in [0.2, 0.25) is 0 Å². The molecule has 0 aliphatic rings. The zero-order chi connectivity index (χ0) is 15.0. The highest BCUT2D eigenvalue weighted by Gasteiger charge is 2.20. The molecule has 0 aliphatic heterocycles. The minimum absolute atomic E-state index is 0.467. The molecule has 1 rings (SSSR count). The Kier molecular flexibility index (Phi) is 7.98. The van der Waals surface area contributed by atoms with Gasteiger partial charge in [-0.25, -0.2) is 0 Å². The van der Waals surface area contributed by atoms with Gasteiger partial charge >= 0.3 is 0 Å². The molecule has 1 N–H and O–H groups in total. The molecule has 20 heavy (non-hydrogen) atoms. The van der Waals surface area contributed by atoms with E-state index in [1.807, 2.05) is 0 Å². The Morgan fingerprint density at radius 3 is 2.15 bits per heavy atom. The van der Waals surface area contributed by atoms with Crippen LogP contribution in [0.4, 0.5) is 0 Å². The fraction of sp³-hybridized carbons (Fsp3) is 0.778. The average molecular weight is 279 g/mol. The predicted octanol–water partition coefficient (Wildman–Crippen LogP) is 5.61. The highest BCUT2D eigenvalue weighted by molar-refractivity contribution is 5.34. The fourth-order valence-electron chi connectivity index (χ4n) is 2.94. The summed E-state index contributed by atoms with van der Waals surface area (Å²) in [5.74, 6) is 2.17. The first-order valence-corrected chi connectivity index (χ1v) is 8.41. The third-order valence-corrected chi connectivity index (χ3v) is 4.20. The summed E-state index contributed by atoms with van der Waals surface area (Å²) in [6.45, 7) is 12.0. The van der Waals surface area contributed by atoms with E-state index in [9.17, 15) is 0 Å². The van der Waals surface area contributed by atoms with E-state index in [2.05, 4.69) is 39.9 Å². The molecule has 2 heteroatoms. The van der Waals surface area contributed by atoms with Gasteiger partial charge in [0.1, 0.15) is 11.5 Å². The summed E-state index contributed by atoms with van der Waals surface area (Å²) < 4.78 is 5.81. The molecule has 1 unspecified atom stereocenters. The van der Waals surface area contributed by atoms with Crippen LogP contribution < -0.4 is 5.32 Å². The molecule has 1 heterocycles. The second-order valence-electron chi connectivity index (χ2n) is 5.96. The number of rotatable bonds is 10. The number of furan rings is 1. The lowest BCUT2D eigenvalue weighted by atomic mass is 9.96. The Bertz CT molecular complexity index is 381. The number of hydrogen-bond acceptors (Lipinski definition) is 2. The molecule has 2 nitrogen and oxygen atoms in total. The predicted molar refractivity (Wildman–Crippen MR) is 87.3 cm³/mol. The summed E-state index contributed by atoms with van der Waals surface area (Å²) in [6.07, 6.45) is 9.13. The summed E-state index contributed by atoms with van der Waals surface area (Å²) in [6, 6.07) is 0.467. The fourth-order valence-corrected chi connectivity index (χ4v) is 2.94. The van der Waals surface area contributed by atoms with Gasteiger partial charge in [-0.3, -0.25) is 0 Å². The van der Waals surface area contributed by atoms with Gasteiger partial charge in [0.15, 0.2) is 0 Å². The molecule has 0 bridgehead atoms. The van der Waals surface area contributed by atoms with Gasteiger partial charge in [0, 0.05) is 11.6 Å². The van der Waals surface area contributed by atoms with Crippen LogP contribution in [-0.4, -0.2) is 6.54 Å². The summed E-state index contributed by atoms with van der Waals surface area (Å²) >= 11 is 0. The first-order valence-electron chi connectivity index (χ1n) is 8.41. The third kappa shape index (κ3) is 4.97. The number of hydrogen-bond donors (Lipinski definition) is 1. The minimum Gasteiger partial charge on any atom is -0.466 e. The largest absolute Gasteiger partial charge is 0.466 e. The van der Waals surface area contributed by atoms with Crippen molar-refractivity contribution in [3.8, 4) is 0 Å². The van der Waals surface area contributed by atoms with Gasteiger partial charge in [0.25, 0.3) is 0 Å². The number of unbranched alkanes of at least 4 members (excludes halogenated alkanes) is 4. The highest BCUT2D eigenvalue weighted by atomic mass is 16.3. The van der Waals surface area contributed by atoms with Crippen LogP contribution in [0.15, 0.2) is 4.42 Å². The Morgan fingerprint density at radius 2 is 1.60 bits per heavy atom. The van der Waals surface area contributed by atoms with Crippen LogP contribution >= 0.6 is 0 Å². The Hall–Kier alpha value is -0.760. The van der Waals surface area contributed by atoms with Crippen molar-refractivity contribution in [2.45, 2.75) is 85.6 Å². The van der Waals surface area contributed by atoms with Crippen LogP contribution in [-0.2, 0) is 0 Å². The van der Waals surface area contributed by atoms with Crippen molar-refractivity contribution in [3.05, 3.63) is 22.6 Å². The normalized spacial score (nSPS) is 12.8. The zero-order valence-electron chi connectivity index (χ0n) is 14.1. The van der Waals surface area contributed by atoms with Gasteiger partial charge in [-0.05, 0) is 45.7 Å². The van der Waals surface area contributed by atoms with E-state index in [4.69, 9.17) is 4.42 Å². The van der Waals surface area contributed by atoms with Gasteiger partial charge in [0.05, 0.1) is 0 Å². The van der Waals surface area contributed by atoms with Crippen LogP contribution in [0, 0.1) is 20.8 Å². The van der Waals surface area contributed by atoms with Gasteiger partial charge in [-0.1, -0.05) is 46.0 Å². The minimum atomic E-state index is 0.467. The molecule has 0 saturated heterocycles. The van der Waals surface area contributed by atoms with E-state index in [0.29, 0.717) is 6.04 Å². The summed E-state index contributed by atoms with van der Waals surface area (Å²) in [4.78, 5) is 0. The van der Waals surface area contributed by atoms with Gasteiger partial charge < -0.3 is 9.73 Å². The lowest BCUT2D eigenvalue weighted by molar-refractivity contribution is 0.450. The van der Waals surface area contributed by atoms with E-state index in [1.165, 1.54) is 56.1 Å². The summed E-state index contributed by atoms with van der Waals surface area (Å²) in [5.41, 5.74) is 2.75. The molecule has 0 spiro atoms. The van der Waals surface area contributed by atoms with Crippen molar-refractivity contribution in [1.82, 2.24) is 5.32 Å². The van der Waals surface area contributed by atoms with Crippen molar-refractivity contribution >= 4 is 0 Å². The van der Waals surface area contributed by atoms with Crippen molar-refractivity contribution < 1.29 is 4.42 Å². The smallest absolute Gasteiger partial charge is 0.106 e. The zero-order valence-corrected chi connectivity index (χ0v) is 14.1. The van der Waals surface area contributed by atoms with Crippen molar-refractivity contribution in [2.24, 2.45) is 0 Å². The molecule has 0 amide bonds. The molecular weight excluding hydrogens is 246 g/mol. The average Bonchev–Trinajstić information content (AvgIpc) is 2.67. The highest BCUT2D eigenvalue weighted by Crippen LogP contribution is 2.30. The Morgan fingerprint density at radius 1 is 0.900 bits per heavy atom. The maximum atomic E-state index is 5.81. The van der Waals surface area contributed by atoms with Crippen LogP contribution in [0.25, 0.3) is 0 Å². The van der Waals surface area contributed by atoms with Crippen molar-refractivity contribution in [3.63, 3.8) is 0 Å². The quantitative estimate of drug-likeness (QED) is 0.563. The molecule has 116 valence electrons. The summed E-state index contributed by atoms with van der Waals surface area (Å²) in [5, 5.41) is 3.71. The van der Waals surface area contributed by atoms with E-state index in [-0.39, 0.29) is 0 Å². The third-order valence-electron chi connectivity index (χ3n) is 4.20. The standard InChI is InChI=1S/C18H33NO/c1-6-8-9-10-11-12-17(19-13-7-2)18-14(3)15(4)20-16(18)5/h17,19H,6-13H2,1-5H3. The SMILES string of the molecule is CCCCCCCC(NCCC)c1c(C)oc(C)c1C. The van der Waals surface area contributed by atoms with Crippen molar-refractivity contribution in [2.75, 3.05) is 6.54 Å². The van der Waals surface area contributed by atoms with Crippen LogP contribution in [0.1, 0.15) is 87.5 Å². The van der Waals surface area contributed by atoms with E-state index in [0.717, 1.165) is 18.1 Å². The van der Waals surface area contributed by atoms with Crippen molar-refractivity contribution in [1.29, 1.82) is 0 Å². The lowest BCUT2D eigenvalue weighted by Gasteiger charge is -2.19. The molecule has 0 saturated carbocycles. The Labute approximate surface area is 125 Å². The molecule has 0 fully saturated rings. The van der Waals surface area contributed by atoms with Gasteiger partial charge in [-0.15, -0.1) is 0 Å². The molecule has 0 aromatic carbocycles. The van der Waals surface area contributed by atoms with Crippen LogP contribution in [0.3, 0.4) is 0 Å². The van der Waals surface area contributed by atoms with Gasteiger partial charge in [0.2, 0.25) is 0 Å². The lowest BCUT2D eigenvalue weighted by Crippen LogP contribution is -2.23. The van der Waals surface area contributed by atoms with E-state index in [1.54, 1.807) is 0 Å². The van der Waals surface area contributed by atoms with E-state index >= 15 is 0 Å². The van der Waals surface area contributed by atoms with Gasteiger partial charge in [-0.2, -0.15) is 0 Å².